The molecule has 0 aliphatic heterocycles. The predicted molar refractivity (Wildman–Crippen MR) is 43.0 cm³/mol. The average molecular weight is 164 g/mol. The van der Waals surface area contributed by atoms with Crippen LogP contribution < -0.4 is 11.5 Å². The Morgan fingerprint density at radius 1 is 1.18 bits per heavy atom. The number of nitrogens with two attached hydrogens (primary N) is 2. The second-order valence-electron chi connectivity index (χ2n) is 1.31. The van der Waals surface area contributed by atoms with E-state index in [2.05, 4.69) is 21.4 Å². The van der Waals surface area contributed by atoms with Crippen molar-refractivity contribution >= 4 is 35.6 Å². The maximum atomic E-state index is 9.00. The minimum Gasteiger partial charge on any atom is -0.245 e. The zero-order valence-electron chi connectivity index (χ0n) is 5.27. The molecule has 0 bridgehead atoms. The third kappa shape index (κ3) is 17.6. The van der Waals surface area contributed by atoms with Crippen molar-refractivity contribution in [3.05, 3.63) is 24.8 Å². The van der Waals surface area contributed by atoms with E-state index in [0.29, 0.717) is 0 Å². The van der Waals surface area contributed by atoms with Crippen molar-refractivity contribution in [2.24, 2.45) is 11.5 Å². The molecule has 0 fully saturated rings. The summed E-state index contributed by atoms with van der Waals surface area (Å²) in [4.78, 5) is 16.3. The molecular weight excluding hydrogens is 155 g/mol. The van der Waals surface area contributed by atoms with Gasteiger partial charge in [-0.1, -0.05) is 0 Å². The summed E-state index contributed by atoms with van der Waals surface area (Å²) in [5, 5.41) is 0. The van der Waals surface area contributed by atoms with Gasteiger partial charge in [0.15, 0.2) is 0 Å². The first-order valence-corrected chi connectivity index (χ1v) is 2.48. The van der Waals surface area contributed by atoms with Gasteiger partial charge in [-0.3, -0.25) is 0 Å². The van der Waals surface area contributed by atoms with Crippen LogP contribution in [0.3, 0.4) is 0 Å². The van der Waals surface area contributed by atoms with Crippen molar-refractivity contribution in [2.45, 2.75) is 0 Å². The van der Waals surface area contributed by atoms with Crippen molar-refractivity contribution in [1.29, 1.82) is 0 Å². The Balaban J connectivity index is 0. The molecule has 0 aliphatic carbocycles. The summed E-state index contributed by atoms with van der Waals surface area (Å²) in [5.74, 6) is 0. The van der Waals surface area contributed by atoms with Crippen molar-refractivity contribution < 1.29 is 4.79 Å². The molecule has 0 unspecified atom stereocenters. The molecule has 1 heterocycles. The van der Waals surface area contributed by atoms with Crippen LogP contribution in [0.25, 0.3) is 0 Å². The molecule has 2 amide bonds. The van der Waals surface area contributed by atoms with Gasteiger partial charge >= 0.3 is 35.6 Å². The van der Waals surface area contributed by atoms with Crippen LogP contribution in [0.1, 0.15) is 0 Å². The van der Waals surface area contributed by atoms with Crippen LogP contribution >= 0.6 is 0 Å². The maximum Gasteiger partial charge on any atom is 0.115 e. The Hall–Kier alpha value is -0.650. The van der Waals surface area contributed by atoms with E-state index in [1.54, 1.807) is 18.5 Å². The Morgan fingerprint density at radius 2 is 1.55 bits per heavy atom. The quantitative estimate of drug-likeness (QED) is 0.474. The number of hydrogen-bond acceptors (Lipinski definition) is 3. The minimum atomic E-state index is -0.833. The molecular formula is C5H9N4NaO. The number of carbonyl (C=O) groups is 1. The first-order chi connectivity index (χ1) is 4.73. The van der Waals surface area contributed by atoms with Gasteiger partial charge in [-0.25, -0.2) is 14.8 Å². The van der Waals surface area contributed by atoms with E-state index in [4.69, 9.17) is 4.79 Å². The van der Waals surface area contributed by atoms with Gasteiger partial charge in [-0.05, 0) is 6.07 Å². The average Bonchev–Trinajstić information content (AvgIpc) is 1.90. The second kappa shape index (κ2) is 9.35. The Bertz CT molecular complexity index is 150. The third-order valence-corrected chi connectivity index (χ3v) is 0.478. The number of carbonyl (C=O) groups excluding carboxylic acids is 1. The number of rotatable bonds is 0. The van der Waals surface area contributed by atoms with Crippen LogP contribution in [0.2, 0.25) is 0 Å². The van der Waals surface area contributed by atoms with Crippen LogP contribution in [-0.2, 0) is 0 Å². The summed E-state index contributed by atoms with van der Waals surface area (Å²) >= 11 is 0. The van der Waals surface area contributed by atoms with Gasteiger partial charge in [-0.15, -0.1) is 0 Å². The molecule has 0 aromatic carbocycles. The molecule has 0 saturated heterocycles. The SMILES string of the molecule is NC(N)=O.[NaH].c1cncnc1. The monoisotopic (exact) mass is 164 g/mol. The van der Waals surface area contributed by atoms with Gasteiger partial charge in [-0.2, -0.15) is 0 Å². The fraction of sp³-hybridized carbons (Fsp3) is 0. The number of nitrogens with zero attached hydrogens (tertiary/aromatic N) is 2. The van der Waals surface area contributed by atoms with E-state index in [1.807, 2.05) is 0 Å². The van der Waals surface area contributed by atoms with Crippen LogP contribution in [0.5, 0.6) is 0 Å². The Morgan fingerprint density at radius 3 is 1.64 bits per heavy atom. The van der Waals surface area contributed by atoms with Gasteiger partial charge in [0.2, 0.25) is 0 Å². The summed E-state index contributed by atoms with van der Waals surface area (Å²) in [6, 6.07) is 0.944. The summed E-state index contributed by atoms with van der Waals surface area (Å²) in [7, 11) is 0. The van der Waals surface area contributed by atoms with Crippen LogP contribution in [0.4, 0.5) is 4.79 Å². The molecule has 6 heteroatoms. The summed E-state index contributed by atoms with van der Waals surface area (Å²) < 4.78 is 0. The van der Waals surface area contributed by atoms with Gasteiger partial charge in [0.1, 0.15) is 6.33 Å². The van der Waals surface area contributed by atoms with Gasteiger partial charge in [0, 0.05) is 12.4 Å². The van der Waals surface area contributed by atoms with E-state index in [-0.39, 0.29) is 29.6 Å². The first-order valence-electron chi connectivity index (χ1n) is 2.48. The minimum absolute atomic E-state index is 0. The molecule has 56 valence electrons. The van der Waals surface area contributed by atoms with E-state index in [0.717, 1.165) is 0 Å². The van der Waals surface area contributed by atoms with E-state index < -0.39 is 6.03 Å². The fourth-order valence-corrected chi connectivity index (χ4v) is 0.253. The van der Waals surface area contributed by atoms with Crippen LogP contribution in [0.15, 0.2) is 24.8 Å². The summed E-state index contributed by atoms with van der Waals surface area (Å²) in [5.41, 5.74) is 8.50. The maximum absolute atomic E-state index is 9.00. The number of urea groups is 1. The number of hydrogen-bond donors (Lipinski definition) is 2. The molecule has 0 saturated carbocycles. The predicted octanol–water partition coefficient (Wildman–Crippen LogP) is -1.15. The molecule has 4 N–H and O–H groups in total. The van der Waals surface area contributed by atoms with Gasteiger partial charge < -0.3 is 11.5 Å². The Labute approximate surface area is 86.5 Å². The smallest absolute Gasteiger partial charge is 0.115 e. The van der Waals surface area contributed by atoms with Crippen LogP contribution in [0, 0.1) is 0 Å². The fourth-order valence-electron chi connectivity index (χ4n) is 0.253. The number of primary amides is 2. The zero-order chi connectivity index (χ0) is 7.82. The molecule has 0 aliphatic rings. The zero-order valence-corrected chi connectivity index (χ0v) is 5.27. The number of amides is 2. The second-order valence-corrected chi connectivity index (χ2v) is 1.31. The molecule has 1 aromatic rings. The molecule has 0 atom stereocenters. The molecule has 5 nitrogen and oxygen atoms in total. The Kier molecular flexibility index (Phi) is 11.0. The normalized spacial score (nSPS) is 6.55. The van der Waals surface area contributed by atoms with Crippen molar-refractivity contribution in [3.63, 3.8) is 0 Å². The van der Waals surface area contributed by atoms with Crippen LogP contribution in [-0.4, -0.2) is 45.6 Å². The summed E-state index contributed by atoms with van der Waals surface area (Å²) in [6.45, 7) is 0. The summed E-state index contributed by atoms with van der Waals surface area (Å²) in [6.07, 6.45) is 4.88. The van der Waals surface area contributed by atoms with Crippen molar-refractivity contribution in [1.82, 2.24) is 9.97 Å². The molecule has 0 radical (unpaired) electrons. The van der Waals surface area contributed by atoms with Crippen molar-refractivity contribution in [2.75, 3.05) is 0 Å². The van der Waals surface area contributed by atoms with E-state index in [1.165, 1.54) is 6.33 Å². The topological polar surface area (TPSA) is 94.9 Å². The number of aromatic nitrogens is 2. The van der Waals surface area contributed by atoms with Gasteiger partial charge in [0.25, 0.3) is 0 Å². The molecule has 11 heavy (non-hydrogen) atoms. The van der Waals surface area contributed by atoms with Gasteiger partial charge in [0.05, 0.1) is 0 Å². The molecule has 1 aromatic heterocycles. The standard InChI is InChI=1S/C4H4N2.CH4N2O.Na.H/c1-2-5-4-6-3-1;2-1(3)4;;/h1-4H;(H4,2,3,4);;. The molecule has 0 spiro atoms. The largest absolute Gasteiger partial charge is 0.245 e. The van der Waals surface area contributed by atoms with E-state index in [9.17, 15) is 0 Å². The third-order valence-electron chi connectivity index (χ3n) is 0.478. The van der Waals surface area contributed by atoms with Crippen molar-refractivity contribution in [3.8, 4) is 0 Å². The first kappa shape index (κ1) is 13.0. The molecule has 1 rings (SSSR count). The van der Waals surface area contributed by atoms with E-state index >= 15 is 0 Å².